The van der Waals surface area contributed by atoms with Crippen LogP contribution < -0.4 is 4.72 Å². The number of sulfonamides is 1. The minimum atomic E-state index is -3.88. The fourth-order valence-corrected chi connectivity index (χ4v) is 5.51. The van der Waals surface area contributed by atoms with Crippen LogP contribution in [0.1, 0.15) is 29.5 Å². The fraction of sp³-hybridized carbons (Fsp3) is 0.174. The summed E-state index contributed by atoms with van der Waals surface area (Å²) in [5.74, 6) is -0.237. The summed E-state index contributed by atoms with van der Waals surface area (Å²) < 4.78 is 28.8. The van der Waals surface area contributed by atoms with E-state index >= 15 is 0 Å². The summed E-state index contributed by atoms with van der Waals surface area (Å²) in [5, 5.41) is 10.4. The molecule has 0 spiro atoms. The van der Waals surface area contributed by atoms with Gasteiger partial charge in [-0.3, -0.25) is 0 Å². The van der Waals surface area contributed by atoms with Crippen molar-refractivity contribution in [3.63, 3.8) is 0 Å². The second-order valence-electron chi connectivity index (χ2n) is 7.19. The molecule has 31 heavy (non-hydrogen) atoms. The molecular weight excluding hydrogens is 475 g/mol. The molecule has 0 bridgehead atoms. The van der Waals surface area contributed by atoms with Crippen LogP contribution in [0, 0.1) is 11.3 Å². The molecular formula is C23H19Cl3N2O2S. The van der Waals surface area contributed by atoms with E-state index in [0.29, 0.717) is 17.0 Å². The Labute approximate surface area is 197 Å². The molecule has 1 N–H and O–H groups in total. The van der Waals surface area contributed by atoms with E-state index in [1.807, 2.05) is 18.2 Å². The quantitative estimate of drug-likeness (QED) is 0.425. The Balaban J connectivity index is 1.95. The summed E-state index contributed by atoms with van der Waals surface area (Å²) >= 11 is 18.0. The van der Waals surface area contributed by atoms with E-state index in [-0.39, 0.29) is 20.9 Å². The van der Waals surface area contributed by atoms with Crippen LogP contribution in [0.4, 0.5) is 0 Å². The zero-order valence-corrected chi connectivity index (χ0v) is 19.6. The van der Waals surface area contributed by atoms with Gasteiger partial charge in [-0.05, 0) is 66.9 Å². The SMILES string of the molecule is CC(NS(=O)(=O)c1cc(Cl)cc(Cl)c1)C(Cc1ccc(Cl)cc1)c1cccc(C#N)c1. The maximum Gasteiger partial charge on any atom is 0.240 e. The van der Waals surface area contributed by atoms with Gasteiger partial charge in [0.05, 0.1) is 16.5 Å². The highest BCUT2D eigenvalue weighted by Gasteiger charge is 2.26. The lowest BCUT2D eigenvalue weighted by Crippen LogP contribution is -2.38. The average Bonchev–Trinajstić information content (AvgIpc) is 2.72. The van der Waals surface area contributed by atoms with Gasteiger partial charge in [0.1, 0.15) is 0 Å². The van der Waals surface area contributed by atoms with Crippen LogP contribution in [0.2, 0.25) is 15.1 Å². The van der Waals surface area contributed by atoms with Crippen LogP contribution in [0.25, 0.3) is 0 Å². The van der Waals surface area contributed by atoms with Gasteiger partial charge in [0.15, 0.2) is 0 Å². The molecule has 0 aliphatic heterocycles. The van der Waals surface area contributed by atoms with E-state index in [2.05, 4.69) is 10.8 Å². The van der Waals surface area contributed by atoms with Gasteiger partial charge in [0.2, 0.25) is 10.0 Å². The van der Waals surface area contributed by atoms with Crippen LogP contribution in [-0.4, -0.2) is 14.5 Å². The second kappa shape index (κ2) is 10.0. The Hall–Kier alpha value is -2.07. The lowest BCUT2D eigenvalue weighted by molar-refractivity contribution is 0.503. The summed E-state index contributed by atoms with van der Waals surface area (Å²) in [5.41, 5.74) is 2.36. The van der Waals surface area contributed by atoms with Gasteiger partial charge in [-0.15, -0.1) is 0 Å². The number of halogens is 3. The smallest absolute Gasteiger partial charge is 0.208 e. The van der Waals surface area contributed by atoms with Crippen molar-refractivity contribution in [2.45, 2.75) is 30.2 Å². The molecule has 0 fully saturated rings. The molecule has 3 rings (SSSR count). The third kappa shape index (κ3) is 6.22. The number of benzene rings is 3. The monoisotopic (exact) mass is 492 g/mol. The number of nitriles is 1. The van der Waals surface area contributed by atoms with Crippen molar-refractivity contribution in [3.05, 3.63) is 98.5 Å². The maximum absolute atomic E-state index is 13.0. The molecule has 0 radical (unpaired) electrons. The van der Waals surface area contributed by atoms with Gasteiger partial charge in [0, 0.05) is 27.0 Å². The highest BCUT2D eigenvalue weighted by molar-refractivity contribution is 7.89. The summed E-state index contributed by atoms with van der Waals surface area (Å²) in [6.07, 6.45) is 0.548. The van der Waals surface area contributed by atoms with E-state index in [4.69, 9.17) is 34.8 Å². The first kappa shape index (κ1) is 23.6. The van der Waals surface area contributed by atoms with Crippen molar-refractivity contribution in [2.75, 3.05) is 0 Å². The summed E-state index contributed by atoms with van der Waals surface area (Å²) in [6, 6.07) is 20.4. The third-order valence-electron chi connectivity index (χ3n) is 4.90. The molecule has 3 aromatic carbocycles. The molecule has 2 atom stereocenters. The van der Waals surface area contributed by atoms with Crippen LogP contribution in [0.15, 0.2) is 71.6 Å². The highest BCUT2D eigenvalue weighted by atomic mass is 35.5. The topological polar surface area (TPSA) is 70.0 Å². The molecule has 3 aromatic rings. The van der Waals surface area contributed by atoms with Crippen LogP contribution >= 0.6 is 34.8 Å². The molecule has 0 saturated heterocycles. The van der Waals surface area contributed by atoms with Gasteiger partial charge < -0.3 is 0 Å². The number of rotatable bonds is 7. The molecule has 0 aliphatic rings. The average molecular weight is 494 g/mol. The van der Waals surface area contributed by atoms with Crippen molar-refractivity contribution in [1.29, 1.82) is 5.26 Å². The van der Waals surface area contributed by atoms with Gasteiger partial charge in [-0.2, -0.15) is 5.26 Å². The number of nitrogens with zero attached hydrogens (tertiary/aromatic N) is 1. The number of hydrogen-bond donors (Lipinski definition) is 1. The minimum Gasteiger partial charge on any atom is -0.208 e. The third-order valence-corrected chi connectivity index (χ3v) is 7.13. The van der Waals surface area contributed by atoms with Crippen molar-refractivity contribution in [3.8, 4) is 6.07 Å². The minimum absolute atomic E-state index is 0.00660. The number of hydrogen-bond acceptors (Lipinski definition) is 3. The Bertz CT molecular complexity index is 1200. The maximum atomic E-state index is 13.0. The predicted molar refractivity (Wildman–Crippen MR) is 125 cm³/mol. The Morgan fingerprint density at radius 3 is 2.19 bits per heavy atom. The molecule has 2 unspecified atom stereocenters. The van der Waals surface area contributed by atoms with E-state index in [0.717, 1.165) is 11.1 Å². The van der Waals surface area contributed by atoms with Crippen LogP contribution in [0.5, 0.6) is 0 Å². The van der Waals surface area contributed by atoms with Crippen LogP contribution in [-0.2, 0) is 16.4 Å². The summed E-state index contributed by atoms with van der Waals surface area (Å²) in [7, 11) is -3.88. The number of nitrogens with one attached hydrogen (secondary N) is 1. The Kier molecular flexibility index (Phi) is 7.64. The lowest BCUT2D eigenvalue weighted by atomic mass is 9.86. The standard InChI is InChI=1S/C23H19Cl3N2O2S/c1-15(28-31(29,30)22-12-20(25)11-21(26)13-22)23(10-16-5-7-19(24)8-6-16)18-4-2-3-17(9-18)14-27/h2-9,11-13,15,23,28H,10H2,1H3. The highest BCUT2D eigenvalue weighted by Crippen LogP contribution is 2.28. The summed E-state index contributed by atoms with van der Waals surface area (Å²) in [4.78, 5) is -0.00660. The van der Waals surface area contributed by atoms with E-state index < -0.39 is 16.1 Å². The first-order chi connectivity index (χ1) is 14.7. The second-order valence-corrected chi connectivity index (χ2v) is 10.2. The Morgan fingerprint density at radius 2 is 1.58 bits per heavy atom. The van der Waals surface area contributed by atoms with Crippen molar-refractivity contribution >= 4 is 44.8 Å². The van der Waals surface area contributed by atoms with Crippen molar-refractivity contribution < 1.29 is 8.42 Å². The first-order valence-electron chi connectivity index (χ1n) is 9.41. The first-order valence-corrected chi connectivity index (χ1v) is 12.0. The van der Waals surface area contributed by atoms with Crippen LogP contribution in [0.3, 0.4) is 0 Å². The molecule has 0 aliphatic carbocycles. The predicted octanol–water partition coefficient (Wildman–Crippen LogP) is 6.21. The lowest BCUT2D eigenvalue weighted by Gasteiger charge is -2.26. The van der Waals surface area contributed by atoms with E-state index in [1.54, 1.807) is 37.3 Å². The van der Waals surface area contributed by atoms with Gasteiger partial charge in [0.25, 0.3) is 0 Å². The van der Waals surface area contributed by atoms with E-state index in [9.17, 15) is 13.7 Å². The zero-order chi connectivity index (χ0) is 22.6. The Morgan fingerprint density at radius 1 is 0.935 bits per heavy atom. The summed E-state index contributed by atoms with van der Waals surface area (Å²) in [6.45, 7) is 1.79. The molecule has 8 heteroatoms. The van der Waals surface area contributed by atoms with Gasteiger partial charge >= 0.3 is 0 Å². The van der Waals surface area contributed by atoms with Crippen molar-refractivity contribution in [1.82, 2.24) is 4.72 Å². The van der Waals surface area contributed by atoms with Gasteiger partial charge in [-0.1, -0.05) is 59.1 Å². The molecule has 0 heterocycles. The molecule has 4 nitrogen and oxygen atoms in total. The molecule has 160 valence electrons. The fourth-order valence-electron chi connectivity index (χ4n) is 3.38. The van der Waals surface area contributed by atoms with Crippen molar-refractivity contribution in [2.24, 2.45) is 0 Å². The molecule has 0 aromatic heterocycles. The molecule has 0 saturated carbocycles. The van der Waals surface area contributed by atoms with E-state index in [1.165, 1.54) is 18.2 Å². The zero-order valence-electron chi connectivity index (χ0n) is 16.5. The normalized spacial score (nSPS) is 13.4. The largest absolute Gasteiger partial charge is 0.240 e. The van der Waals surface area contributed by atoms with Gasteiger partial charge in [-0.25, -0.2) is 13.1 Å². The molecule has 0 amide bonds.